The van der Waals surface area contributed by atoms with E-state index in [-0.39, 0.29) is 17.9 Å². The molecule has 1 aliphatic rings. The molecule has 2 aromatic rings. The molecule has 1 saturated carbocycles. The van der Waals surface area contributed by atoms with E-state index in [0.29, 0.717) is 44.1 Å². The molecule has 1 atom stereocenters. The Bertz CT molecular complexity index is 1010. The lowest BCUT2D eigenvalue weighted by molar-refractivity contribution is -0.141. The Labute approximate surface area is 223 Å². The van der Waals surface area contributed by atoms with Crippen molar-refractivity contribution in [3.63, 3.8) is 0 Å². The van der Waals surface area contributed by atoms with Crippen LogP contribution in [-0.4, -0.2) is 42.0 Å². The lowest BCUT2D eigenvalue weighted by atomic mass is 9.95. The Morgan fingerprint density at radius 3 is 2.42 bits per heavy atom. The molecule has 3 rings (SSSR count). The molecule has 1 aliphatic carbocycles. The van der Waals surface area contributed by atoms with Crippen LogP contribution in [-0.2, 0) is 22.6 Å². The fraction of sp³-hybridized carbons (Fsp3) is 0.517. The maximum atomic E-state index is 13.5. The van der Waals surface area contributed by atoms with Crippen molar-refractivity contribution in [2.75, 3.05) is 13.2 Å². The lowest BCUT2D eigenvalue weighted by Crippen LogP contribution is -2.50. The van der Waals surface area contributed by atoms with Gasteiger partial charge < -0.3 is 19.7 Å². The molecule has 0 heterocycles. The van der Waals surface area contributed by atoms with E-state index in [2.05, 4.69) is 21.2 Å². The number of amides is 2. The second kappa shape index (κ2) is 14.3. The zero-order valence-electron chi connectivity index (χ0n) is 21.7. The first kappa shape index (κ1) is 28.0. The van der Waals surface area contributed by atoms with Gasteiger partial charge in [0.2, 0.25) is 11.8 Å². The Balaban J connectivity index is 1.72. The van der Waals surface area contributed by atoms with Gasteiger partial charge in [0.1, 0.15) is 6.04 Å². The van der Waals surface area contributed by atoms with Crippen LogP contribution in [0.5, 0.6) is 11.5 Å². The zero-order valence-corrected chi connectivity index (χ0v) is 23.3. The molecule has 0 aromatic heterocycles. The molecule has 0 radical (unpaired) electrons. The van der Waals surface area contributed by atoms with Crippen LogP contribution in [0.4, 0.5) is 0 Å². The number of carbonyl (C=O) groups excluding carboxylic acids is 2. The third-order valence-electron chi connectivity index (χ3n) is 6.60. The van der Waals surface area contributed by atoms with Gasteiger partial charge in [-0.25, -0.2) is 0 Å². The van der Waals surface area contributed by atoms with Crippen molar-refractivity contribution in [3.05, 3.63) is 58.1 Å². The Hall–Kier alpha value is -2.54. The molecule has 6 nitrogen and oxygen atoms in total. The van der Waals surface area contributed by atoms with E-state index >= 15 is 0 Å². The van der Waals surface area contributed by atoms with Gasteiger partial charge in [-0.3, -0.25) is 9.59 Å². The number of rotatable bonds is 12. The second-order valence-electron chi connectivity index (χ2n) is 9.32. The van der Waals surface area contributed by atoms with Gasteiger partial charge in [-0.2, -0.15) is 0 Å². The first-order chi connectivity index (χ1) is 17.4. The molecule has 2 amide bonds. The molecule has 7 heteroatoms. The number of carbonyl (C=O) groups is 2. The van der Waals surface area contributed by atoms with Gasteiger partial charge in [0, 0.05) is 23.5 Å². The van der Waals surface area contributed by atoms with Crippen LogP contribution in [0.1, 0.15) is 70.4 Å². The summed E-state index contributed by atoms with van der Waals surface area (Å²) in [5.41, 5.74) is 1.98. The monoisotopic (exact) mass is 558 g/mol. The molecular weight excluding hydrogens is 520 g/mol. The van der Waals surface area contributed by atoms with Gasteiger partial charge in [-0.05, 0) is 75.4 Å². The Kier molecular flexibility index (Phi) is 11.1. The highest BCUT2D eigenvalue weighted by atomic mass is 79.9. The van der Waals surface area contributed by atoms with Gasteiger partial charge >= 0.3 is 0 Å². The molecule has 1 fully saturated rings. The maximum absolute atomic E-state index is 13.5. The average Bonchev–Trinajstić information content (AvgIpc) is 2.87. The molecule has 0 saturated heterocycles. The number of ether oxygens (including phenoxy) is 2. The second-order valence-corrected chi connectivity index (χ2v) is 10.2. The van der Waals surface area contributed by atoms with E-state index in [9.17, 15) is 9.59 Å². The van der Waals surface area contributed by atoms with E-state index < -0.39 is 6.04 Å². The normalized spacial score (nSPS) is 14.7. The Morgan fingerprint density at radius 1 is 1.00 bits per heavy atom. The minimum absolute atomic E-state index is 0.0480. The van der Waals surface area contributed by atoms with E-state index in [1.807, 2.05) is 63.2 Å². The van der Waals surface area contributed by atoms with Crippen molar-refractivity contribution < 1.29 is 19.1 Å². The molecule has 0 spiro atoms. The van der Waals surface area contributed by atoms with E-state index in [1.54, 1.807) is 4.90 Å². The van der Waals surface area contributed by atoms with Crippen molar-refractivity contribution in [3.8, 4) is 11.5 Å². The predicted molar refractivity (Wildman–Crippen MR) is 146 cm³/mol. The first-order valence-corrected chi connectivity index (χ1v) is 13.9. The summed E-state index contributed by atoms with van der Waals surface area (Å²) in [4.78, 5) is 28.4. The van der Waals surface area contributed by atoms with Gasteiger partial charge in [0.05, 0.1) is 13.2 Å². The average molecular weight is 560 g/mol. The summed E-state index contributed by atoms with van der Waals surface area (Å²) < 4.78 is 12.3. The zero-order chi connectivity index (χ0) is 25.9. The van der Waals surface area contributed by atoms with E-state index in [0.717, 1.165) is 41.3 Å². The van der Waals surface area contributed by atoms with Crippen LogP contribution in [0.3, 0.4) is 0 Å². The summed E-state index contributed by atoms with van der Waals surface area (Å²) in [5.74, 6) is 1.27. The quantitative estimate of drug-likeness (QED) is 0.344. The van der Waals surface area contributed by atoms with Crippen molar-refractivity contribution in [2.45, 2.75) is 84.3 Å². The molecular formula is C29H39BrN2O4. The molecule has 2 aromatic carbocycles. The van der Waals surface area contributed by atoms with E-state index in [1.165, 1.54) is 6.42 Å². The van der Waals surface area contributed by atoms with Crippen LogP contribution in [0.2, 0.25) is 0 Å². The van der Waals surface area contributed by atoms with Gasteiger partial charge in [-0.15, -0.1) is 0 Å². The number of nitrogens with one attached hydrogen (secondary N) is 1. The van der Waals surface area contributed by atoms with Crippen LogP contribution < -0.4 is 14.8 Å². The Morgan fingerprint density at radius 2 is 1.72 bits per heavy atom. The largest absolute Gasteiger partial charge is 0.490 e. The molecule has 36 heavy (non-hydrogen) atoms. The maximum Gasteiger partial charge on any atom is 0.242 e. The summed E-state index contributed by atoms with van der Waals surface area (Å²) in [5, 5.41) is 3.19. The van der Waals surface area contributed by atoms with Crippen LogP contribution in [0.25, 0.3) is 0 Å². The minimum atomic E-state index is -0.558. The third kappa shape index (κ3) is 8.26. The number of hydrogen-bond acceptors (Lipinski definition) is 4. The highest BCUT2D eigenvalue weighted by Gasteiger charge is 2.28. The lowest BCUT2D eigenvalue weighted by Gasteiger charge is -2.31. The minimum Gasteiger partial charge on any atom is -0.490 e. The summed E-state index contributed by atoms with van der Waals surface area (Å²) >= 11 is 3.51. The topological polar surface area (TPSA) is 67.9 Å². The molecule has 1 N–H and O–H groups in total. The van der Waals surface area contributed by atoms with Crippen molar-refractivity contribution in [1.29, 1.82) is 0 Å². The van der Waals surface area contributed by atoms with Crippen LogP contribution in [0, 0.1) is 0 Å². The summed E-state index contributed by atoms with van der Waals surface area (Å²) in [6, 6.07) is 13.3. The fourth-order valence-electron chi connectivity index (χ4n) is 4.63. The standard InChI is InChI=1S/C29H39BrN2O4/c1-4-35-26-16-14-22(19-27(26)36-5-2)15-17-28(33)32(20-23-10-9-11-24(30)18-23)21(3)29(34)31-25-12-7-6-8-13-25/h9-11,14,16,18-19,21,25H,4-8,12-13,15,17,20H2,1-3H3,(H,31,34). The summed E-state index contributed by atoms with van der Waals surface area (Å²) in [7, 11) is 0. The van der Waals surface area contributed by atoms with Crippen LogP contribution >= 0.6 is 15.9 Å². The number of aryl methyl sites for hydroxylation is 1. The van der Waals surface area contributed by atoms with Gasteiger partial charge in [0.15, 0.2) is 11.5 Å². The number of nitrogens with zero attached hydrogens (tertiary/aromatic N) is 1. The van der Waals surface area contributed by atoms with E-state index in [4.69, 9.17) is 9.47 Å². The highest BCUT2D eigenvalue weighted by Crippen LogP contribution is 2.29. The van der Waals surface area contributed by atoms with Crippen molar-refractivity contribution in [2.24, 2.45) is 0 Å². The summed E-state index contributed by atoms with van der Waals surface area (Å²) in [6.45, 7) is 7.18. The predicted octanol–water partition coefficient (Wildman–Crippen LogP) is 6.05. The molecule has 1 unspecified atom stereocenters. The van der Waals surface area contributed by atoms with Crippen molar-refractivity contribution in [1.82, 2.24) is 10.2 Å². The van der Waals surface area contributed by atoms with Gasteiger partial charge in [0.25, 0.3) is 0 Å². The fourth-order valence-corrected chi connectivity index (χ4v) is 5.08. The third-order valence-corrected chi connectivity index (χ3v) is 7.09. The van der Waals surface area contributed by atoms with Gasteiger partial charge in [-0.1, -0.05) is 53.4 Å². The molecule has 196 valence electrons. The smallest absolute Gasteiger partial charge is 0.242 e. The molecule has 0 aliphatic heterocycles. The van der Waals surface area contributed by atoms with Crippen molar-refractivity contribution >= 4 is 27.7 Å². The molecule has 0 bridgehead atoms. The van der Waals surface area contributed by atoms with Crippen LogP contribution in [0.15, 0.2) is 46.9 Å². The SMILES string of the molecule is CCOc1ccc(CCC(=O)N(Cc2cccc(Br)c2)C(C)C(=O)NC2CCCCC2)cc1OCC. The highest BCUT2D eigenvalue weighted by molar-refractivity contribution is 9.10. The summed E-state index contributed by atoms with van der Waals surface area (Å²) in [6.07, 6.45) is 6.39. The number of hydrogen-bond donors (Lipinski definition) is 1. The number of benzene rings is 2. The first-order valence-electron chi connectivity index (χ1n) is 13.1. The number of halogens is 1.